The topological polar surface area (TPSA) is 127 Å². The van der Waals surface area contributed by atoms with Gasteiger partial charge >= 0.3 is 12.0 Å². The Labute approximate surface area is 119 Å². The normalized spacial score (nSPS) is 10.2. The van der Waals surface area contributed by atoms with E-state index in [1.54, 1.807) is 13.8 Å². The summed E-state index contributed by atoms with van der Waals surface area (Å²) in [6.45, 7) is 3.50. The molecule has 0 bridgehead atoms. The number of aromatic hydroxyl groups is 1. The molecule has 1 aromatic heterocycles. The van der Waals surface area contributed by atoms with Crippen molar-refractivity contribution in [2.45, 2.75) is 13.8 Å². The summed E-state index contributed by atoms with van der Waals surface area (Å²) in [5.41, 5.74) is 1.87. The number of carboxylic acid groups (broad SMARTS) is 1. The zero-order valence-electron chi connectivity index (χ0n) is 11.4. The Bertz CT molecular complexity index is 689. The Morgan fingerprint density at radius 3 is 2.52 bits per heavy atom. The molecule has 0 unspecified atom stereocenters. The van der Waals surface area contributed by atoms with Gasteiger partial charge in [0, 0.05) is 5.69 Å². The molecule has 8 heteroatoms. The van der Waals surface area contributed by atoms with Gasteiger partial charge in [-0.1, -0.05) is 0 Å². The predicted molar refractivity (Wildman–Crippen MR) is 75.8 cm³/mol. The van der Waals surface area contributed by atoms with E-state index in [1.807, 2.05) is 0 Å². The first-order chi connectivity index (χ1) is 9.88. The molecule has 0 saturated carbocycles. The van der Waals surface area contributed by atoms with Crippen LogP contribution in [0.15, 0.2) is 18.2 Å². The van der Waals surface area contributed by atoms with Crippen LogP contribution in [-0.4, -0.2) is 32.4 Å². The molecule has 0 fully saturated rings. The number of anilines is 2. The number of amides is 2. The second-order valence-electron chi connectivity index (χ2n) is 4.43. The number of nitrogens with one attached hydrogen (secondary N) is 3. The minimum atomic E-state index is -1.28. The van der Waals surface area contributed by atoms with Crippen molar-refractivity contribution in [3.8, 4) is 5.75 Å². The van der Waals surface area contributed by atoms with Crippen molar-refractivity contribution in [2.75, 3.05) is 10.6 Å². The summed E-state index contributed by atoms with van der Waals surface area (Å²) in [5, 5.41) is 30.1. The van der Waals surface area contributed by atoms with Crippen molar-refractivity contribution >= 4 is 23.4 Å². The van der Waals surface area contributed by atoms with Gasteiger partial charge in [0.1, 0.15) is 11.3 Å². The zero-order chi connectivity index (χ0) is 15.6. The highest BCUT2D eigenvalue weighted by Crippen LogP contribution is 2.22. The minimum Gasteiger partial charge on any atom is -0.507 e. The smallest absolute Gasteiger partial charge is 0.339 e. The number of aryl methyl sites for hydroxylation is 2. The SMILES string of the molecule is Cc1n[nH]c(C)c1NC(=O)Nc1ccc(O)c(C(=O)O)c1. The van der Waals surface area contributed by atoms with Gasteiger partial charge in [-0.2, -0.15) is 5.10 Å². The molecular weight excluding hydrogens is 276 g/mol. The average Bonchev–Trinajstić information content (AvgIpc) is 2.72. The van der Waals surface area contributed by atoms with E-state index in [9.17, 15) is 14.7 Å². The molecule has 0 radical (unpaired) electrons. The largest absolute Gasteiger partial charge is 0.507 e. The summed E-state index contributed by atoms with van der Waals surface area (Å²) in [4.78, 5) is 22.8. The van der Waals surface area contributed by atoms with Gasteiger partial charge < -0.3 is 20.8 Å². The second-order valence-corrected chi connectivity index (χ2v) is 4.43. The van der Waals surface area contributed by atoms with Crippen LogP contribution in [0.5, 0.6) is 5.75 Å². The van der Waals surface area contributed by atoms with Gasteiger partial charge in [0.25, 0.3) is 0 Å². The fourth-order valence-electron chi connectivity index (χ4n) is 1.80. The average molecular weight is 290 g/mol. The first kappa shape index (κ1) is 14.4. The lowest BCUT2D eigenvalue weighted by Crippen LogP contribution is -2.20. The first-order valence-electron chi connectivity index (χ1n) is 6.04. The standard InChI is InChI=1S/C13H14N4O4/c1-6-11(7(2)17-16-6)15-13(21)14-8-3-4-10(18)9(5-8)12(19)20/h3-5,18H,1-2H3,(H,16,17)(H,19,20)(H2,14,15,21). The quantitative estimate of drug-likeness (QED) is 0.553. The number of aromatic amines is 1. The van der Waals surface area contributed by atoms with E-state index in [1.165, 1.54) is 18.2 Å². The summed E-state index contributed by atoms with van der Waals surface area (Å²) < 4.78 is 0. The summed E-state index contributed by atoms with van der Waals surface area (Å²) in [7, 11) is 0. The van der Waals surface area contributed by atoms with Crippen LogP contribution in [0.2, 0.25) is 0 Å². The highest BCUT2D eigenvalue weighted by atomic mass is 16.4. The van der Waals surface area contributed by atoms with E-state index in [0.717, 1.165) is 0 Å². The molecule has 2 rings (SSSR count). The third kappa shape index (κ3) is 3.11. The fraction of sp³-hybridized carbons (Fsp3) is 0.154. The van der Waals surface area contributed by atoms with E-state index in [4.69, 9.17) is 5.11 Å². The van der Waals surface area contributed by atoms with E-state index in [-0.39, 0.29) is 17.0 Å². The van der Waals surface area contributed by atoms with E-state index < -0.39 is 12.0 Å². The number of nitrogens with zero attached hydrogens (tertiary/aromatic N) is 1. The third-order valence-corrected chi connectivity index (χ3v) is 2.85. The Morgan fingerprint density at radius 1 is 1.24 bits per heavy atom. The molecule has 21 heavy (non-hydrogen) atoms. The molecule has 0 saturated heterocycles. The van der Waals surface area contributed by atoms with Gasteiger partial charge in [0.2, 0.25) is 0 Å². The second kappa shape index (κ2) is 5.53. The number of phenols is 1. The number of hydrogen-bond acceptors (Lipinski definition) is 4. The van der Waals surface area contributed by atoms with Gasteiger partial charge in [-0.05, 0) is 32.0 Å². The van der Waals surface area contributed by atoms with Crippen LogP contribution >= 0.6 is 0 Å². The monoisotopic (exact) mass is 290 g/mol. The van der Waals surface area contributed by atoms with E-state index in [2.05, 4.69) is 20.8 Å². The Morgan fingerprint density at radius 2 is 1.95 bits per heavy atom. The van der Waals surface area contributed by atoms with Crippen LogP contribution in [0.3, 0.4) is 0 Å². The molecule has 0 aliphatic rings. The molecule has 1 heterocycles. The number of urea groups is 1. The van der Waals surface area contributed by atoms with Crippen molar-refractivity contribution in [1.29, 1.82) is 0 Å². The molecule has 0 atom stereocenters. The van der Waals surface area contributed by atoms with Gasteiger partial charge in [0.15, 0.2) is 0 Å². The van der Waals surface area contributed by atoms with Gasteiger partial charge in [-0.25, -0.2) is 9.59 Å². The molecule has 0 aliphatic carbocycles. The summed E-state index contributed by atoms with van der Waals surface area (Å²) >= 11 is 0. The van der Waals surface area contributed by atoms with Gasteiger partial charge in [-0.3, -0.25) is 5.10 Å². The Balaban J connectivity index is 2.13. The van der Waals surface area contributed by atoms with Crippen LogP contribution in [-0.2, 0) is 0 Å². The maximum Gasteiger partial charge on any atom is 0.339 e. The third-order valence-electron chi connectivity index (χ3n) is 2.85. The van der Waals surface area contributed by atoms with Crippen molar-refractivity contribution in [3.05, 3.63) is 35.2 Å². The maximum atomic E-state index is 11.9. The van der Waals surface area contributed by atoms with Crippen molar-refractivity contribution in [3.63, 3.8) is 0 Å². The number of carboxylic acids is 1. The number of carbonyl (C=O) groups excluding carboxylic acids is 1. The van der Waals surface area contributed by atoms with Gasteiger partial charge in [-0.15, -0.1) is 0 Å². The van der Waals surface area contributed by atoms with Crippen LogP contribution in [0.4, 0.5) is 16.2 Å². The number of carbonyl (C=O) groups is 2. The molecule has 2 aromatic rings. The van der Waals surface area contributed by atoms with Crippen molar-refractivity contribution in [1.82, 2.24) is 10.2 Å². The van der Waals surface area contributed by atoms with Crippen LogP contribution in [0.25, 0.3) is 0 Å². The molecule has 8 nitrogen and oxygen atoms in total. The highest BCUT2D eigenvalue weighted by molar-refractivity contribution is 6.01. The van der Waals surface area contributed by atoms with Crippen molar-refractivity contribution in [2.24, 2.45) is 0 Å². The van der Waals surface area contributed by atoms with E-state index >= 15 is 0 Å². The highest BCUT2D eigenvalue weighted by Gasteiger charge is 2.13. The molecule has 0 spiro atoms. The Hall–Kier alpha value is -3.03. The molecule has 5 N–H and O–H groups in total. The predicted octanol–water partition coefficient (Wildman–Crippen LogP) is 2.07. The molecular formula is C13H14N4O4. The van der Waals surface area contributed by atoms with Crippen LogP contribution in [0, 0.1) is 13.8 Å². The maximum absolute atomic E-state index is 11.9. The number of benzene rings is 1. The molecule has 2 amide bonds. The number of aromatic carboxylic acids is 1. The summed E-state index contributed by atoms with van der Waals surface area (Å²) in [6, 6.07) is 3.24. The summed E-state index contributed by atoms with van der Waals surface area (Å²) in [6.07, 6.45) is 0. The Kier molecular flexibility index (Phi) is 3.79. The van der Waals surface area contributed by atoms with E-state index in [0.29, 0.717) is 17.1 Å². The zero-order valence-corrected chi connectivity index (χ0v) is 11.4. The number of aromatic nitrogens is 2. The van der Waals surface area contributed by atoms with Crippen LogP contribution in [0.1, 0.15) is 21.7 Å². The lowest BCUT2D eigenvalue weighted by atomic mass is 10.2. The van der Waals surface area contributed by atoms with Crippen LogP contribution < -0.4 is 10.6 Å². The lowest BCUT2D eigenvalue weighted by Gasteiger charge is -2.09. The minimum absolute atomic E-state index is 0.251. The fourth-order valence-corrected chi connectivity index (χ4v) is 1.80. The summed E-state index contributed by atoms with van der Waals surface area (Å²) in [5.74, 6) is -1.65. The molecule has 110 valence electrons. The number of rotatable bonds is 3. The number of hydrogen-bond donors (Lipinski definition) is 5. The molecule has 1 aromatic carbocycles. The van der Waals surface area contributed by atoms with Crippen molar-refractivity contribution < 1.29 is 19.8 Å². The lowest BCUT2D eigenvalue weighted by molar-refractivity contribution is 0.0693. The molecule has 0 aliphatic heterocycles. The first-order valence-corrected chi connectivity index (χ1v) is 6.04. The van der Waals surface area contributed by atoms with Gasteiger partial charge in [0.05, 0.1) is 17.1 Å². The number of H-pyrrole nitrogens is 1.